The predicted molar refractivity (Wildman–Crippen MR) is 80.2 cm³/mol. The standard InChI is InChI=1S/C16H27NO2/c1-6-10-17-12-16(4,7-2)19-14-9-8-13(3)11-15(14)18-5/h8-9,11,17H,6-7,10,12H2,1-5H3. The first-order valence-corrected chi connectivity index (χ1v) is 7.09. The first kappa shape index (κ1) is 15.8. The van der Waals surface area contributed by atoms with Gasteiger partial charge in [0.1, 0.15) is 5.60 Å². The number of hydrogen-bond acceptors (Lipinski definition) is 3. The maximum Gasteiger partial charge on any atom is 0.162 e. The van der Waals surface area contributed by atoms with Gasteiger partial charge in [-0.05, 0) is 50.9 Å². The van der Waals surface area contributed by atoms with Gasteiger partial charge >= 0.3 is 0 Å². The van der Waals surface area contributed by atoms with Gasteiger partial charge < -0.3 is 14.8 Å². The number of ether oxygens (including phenoxy) is 2. The first-order chi connectivity index (χ1) is 9.04. The number of hydrogen-bond donors (Lipinski definition) is 1. The topological polar surface area (TPSA) is 30.5 Å². The summed E-state index contributed by atoms with van der Waals surface area (Å²) in [6.45, 7) is 10.4. The van der Waals surface area contributed by atoms with Crippen molar-refractivity contribution in [2.75, 3.05) is 20.2 Å². The van der Waals surface area contributed by atoms with E-state index in [1.807, 2.05) is 25.1 Å². The van der Waals surface area contributed by atoms with Gasteiger partial charge in [-0.1, -0.05) is 19.9 Å². The molecule has 108 valence electrons. The first-order valence-electron chi connectivity index (χ1n) is 7.09. The van der Waals surface area contributed by atoms with E-state index in [1.54, 1.807) is 7.11 Å². The summed E-state index contributed by atoms with van der Waals surface area (Å²) in [5, 5.41) is 3.43. The van der Waals surface area contributed by atoms with Crippen molar-refractivity contribution < 1.29 is 9.47 Å². The fourth-order valence-corrected chi connectivity index (χ4v) is 1.89. The zero-order chi connectivity index (χ0) is 14.3. The van der Waals surface area contributed by atoms with E-state index in [0.29, 0.717) is 0 Å². The molecule has 1 aromatic carbocycles. The van der Waals surface area contributed by atoms with Crippen LogP contribution in [-0.2, 0) is 0 Å². The molecule has 1 rings (SSSR count). The molecule has 0 aliphatic heterocycles. The predicted octanol–water partition coefficient (Wildman–Crippen LogP) is 3.55. The van der Waals surface area contributed by atoms with Crippen LogP contribution in [0.1, 0.15) is 39.2 Å². The molecule has 0 saturated heterocycles. The summed E-state index contributed by atoms with van der Waals surface area (Å²) in [5.74, 6) is 1.62. The molecule has 19 heavy (non-hydrogen) atoms. The van der Waals surface area contributed by atoms with Crippen molar-refractivity contribution >= 4 is 0 Å². The summed E-state index contributed by atoms with van der Waals surface area (Å²) in [6, 6.07) is 6.04. The minimum atomic E-state index is -0.211. The Labute approximate surface area is 117 Å². The number of nitrogens with one attached hydrogen (secondary N) is 1. The number of rotatable bonds is 8. The second-order valence-electron chi connectivity index (χ2n) is 5.24. The molecule has 0 amide bonds. The van der Waals surface area contributed by atoms with Gasteiger partial charge in [0.25, 0.3) is 0 Å². The van der Waals surface area contributed by atoms with Crippen molar-refractivity contribution in [1.29, 1.82) is 0 Å². The Balaban J connectivity index is 2.79. The lowest BCUT2D eigenvalue weighted by Gasteiger charge is -2.30. The SMILES string of the molecule is CCCNCC(C)(CC)Oc1ccc(C)cc1OC. The highest BCUT2D eigenvalue weighted by atomic mass is 16.5. The summed E-state index contributed by atoms with van der Waals surface area (Å²) in [7, 11) is 1.68. The summed E-state index contributed by atoms with van der Waals surface area (Å²) in [4.78, 5) is 0. The zero-order valence-corrected chi connectivity index (χ0v) is 12.9. The Hall–Kier alpha value is -1.22. The highest BCUT2D eigenvalue weighted by Crippen LogP contribution is 2.31. The maximum atomic E-state index is 6.19. The zero-order valence-electron chi connectivity index (χ0n) is 12.9. The Bertz CT molecular complexity index is 392. The van der Waals surface area contributed by atoms with Crippen LogP contribution < -0.4 is 14.8 Å². The average molecular weight is 265 g/mol. The van der Waals surface area contributed by atoms with Crippen LogP contribution in [0.15, 0.2) is 18.2 Å². The van der Waals surface area contributed by atoms with E-state index in [0.717, 1.165) is 37.4 Å². The molecule has 1 atom stereocenters. The molecular weight excluding hydrogens is 238 g/mol. The van der Waals surface area contributed by atoms with Crippen molar-refractivity contribution in [3.05, 3.63) is 23.8 Å². The molecule has 3 heteroatoms. The third-order valence-corrected chi connectivity index (χ3v) is 3.35. The summed E-state index contributed by atoms with van der Waals surface area (Å²) < 4.78 is 11.6. The van der Waals surface area contributed by atoms with E-state index in [-0.39, 0.29) is 5.60 Å². The van der Waals surface area contributed by atoms with Crippen LogP contribution in [0.5, 0.6) is 11.5 Å². The Morgan fingerprint density at radius 2 is 1.95 bits per heavy atom. The second-order valence-corrected chi connectivity index (χ2v) is 5.24. The number of benzene rings is 1. The molecule has 0 heterocycles. The summed E-state index contributed by atoms with van der Waals surface area (Å²) >= 11 is 0. The lowest BCUT2D eigenvalue weighted by Crippen LogP contribution is -2.42. The molecule has 0 aliphatic carbocycles. The fourth-order valence-electron chi connectivity index (χ4n) is 1.89. The Morgan fingerprint density at radius 1 is 1.21 bits per heavy atom. The molecule has 0 fully saturated rings. The third kappa shape index (κ3) is 4.75. The van der Waals surface area contributed by atoms with E-state index in [1.165, 1.54) is 5.56 Å². The van der Waals surface area contributed by atoms with E-state index < -0.39 is 0 Å². The highest BCUT2D eigenvalue weighted by Gasteiger charge is 2.25. The van der Waals surface area contributed by atoms with E-state index in [9.17, 15) is 0 Å². The van der Waals surface area contributed by atoms with E-state index in [4.69, 9.17) is 9.47 Å². The van der Waals surface area contributed by atoms with Crippen LogP contribution in [0.4, 0.5) is 0 Å². The maximum absolute atomic E-state index is 6.19. The molecule has 0 saturated carbocycles. The Morgan fingerprint density at radius 3 is 2.53 bits per heavy atom. The molecule has 0 spiro atoms. The molecule has 1 unspecified atom stereocenters. The summed E-state index contributed by atoms with van der Waals surface area (Å²) in [5.41, 5.74) is 0.962. The largest absolute Gasteiger partial charge is 0.493 e. The van der Waals surface area contributed by atoms with Crippen molar-refractivity contribution in [3.8, 4) is 11.5 Å². The molecule has 3 nitrogen and oxygen atoms in total. The molecule has 1 N–H and O–H groups in total. The fraction of sp³-hybridized carbons (Fsp3) is 0.625. The van der Waals surface area contributed by atoms with Crippen LogP contribution in [0.3, 0.4) is 0 Å². The van der Waals surface area contributed by atoms with Crippen LogP contribution in [0.2, 0.25) is 0 Å². The molecule has 1 aromatic rings. The minimum Gasteiger partial charge on any atom is -0.493 e. The molecule has 0 aromatic heterocycles. The number of methoxy groups -OCH3 is 1. The van der Waals surface area contributed by atoms with Gasteiger partial charge in [-0.25, -0.2) is 0 Å². The average Bonchev–Trinajstić information content (AvgIpc) is 2.41. The van der Waals surface area contributed by atoms with Crippen molar-refractivity contribution in [2.45, 2.75) is 46.1 Å². The van der Waals surface area contributed by atoms with Gasteiger partial charge in [0, 0.05) is 6.54 Å². The second kappa shape index (κ2) is 7.39. The molecule has 0 radical (unpaired) electrons. The molecule has 0 aliphatic rings. The van der Waals surface area contributed by atoms with Gasteiger partial charge in [-0.3, -0.25) is 0 Å². The van der Waals surface area contributed by atoms with Crippen molar-refractivity contribution in [3.63, 3.8) is 0 Å². The minimum absolute atomic E-state index is 0.211. The molecular formula is C16H27NO2. The normalized spacial score (nSPS) is 13.9. The van der Waals surface area contributed by atoms with Crippen LogP contribution in [0, 0.1) is 6.92 Å². The highest BCUT2D eigenvalue weighted by molar-refractivity contribution is 5.42. The van der Waals surface area contributed by atoms with Gasteiger partial charge in [-0.15, -0.1) is 0 Å². The Kier molecular flexibility index (Phi) is 6.16. The van der Waals surface area contributed by atoms with Gasteiger partial charge in [0.2, 0.25) is 0 Å². The monoisotopic (exact) mass is 265 g/mol. The van der Waals surface area contributed by atoms with Gasteiger partial charge in [0.05, 0.1) is 7.11 Å². The van der Waals surface area contributed by atoms with Crippen LogP contribution in [0.25, 0.3) is 0 Å². The van der Waals surface area contributed by atoms with Gasteiger partial charge in [-0.2, -0.15) is 0 Å². The van der Waals surface area contributed by atoms with Crippen molar-refractivity contribution in [2.24, 2.45) is 0 Å². The van der Waals surface area contributed by atoms with Crippen LogP contribution in [-0.4, -0.2) is 25.8 Å². The quantitative estimate of drug-likeness (QED) is 0.729. The number of aryl methyl sites for hydroxylation is 1. The van der Waals surface area contributed by atoms with Crippen LogP contribution >= 0.6 is 0 Å². The summed E-state index contributed by atoms with van der Waals surface area (Å²) in [6.07, 6.45) is 2.08. The van der Waals surface area contributed by atoms with Gasteiger partial charge in [0.15, 0.2) is 11.5 Å². The third-order valence-electron chi connectivity index (χ3n) is 3.35. The van der Waals surface area contributed by atoms with E-state index >= 15 is 0 Å². The van der Waals surface area contributed by atoms with E-state index in [2.05, 4.69) is 26.1 Å². The lowest BCUT2D eigenvalue weighted by atomic mass is 10.0. The molecule has 0 bridgehead atoms. The van der Waals surface area contributed by atoms with Crippen molar-refractivity contribution in [1.82, 2.24) is 5.32 Å². The smallest absolute Gasteiger partial charge is 0.162 e. The lowest BCUT2D eigenvalue weighted by molar-refractivity contribution is 0.0801.